The van der Waals surface area contributed by atoms with Gasteiger partial charge in [-0.2, -0.15) is 0 Å². The number of hydrogen-bond donors (Lipinski definition) is 2. The lowest BCUT2D eigenvalue weighted by Crippen LogP contribution is -2.37. The van der Waals surface area contributed by atoms with Crippen LogP contribution < -0.4 is 11.1 Å². The fourth-order valence-corrected chi connectivity index (χ4v) is 3.66. The highest BCUT2D eigenvalue weighted by Crippen LogP contribution is 2.23. The average Bonchev–Trinajstić information content (AvgIpc) is 3.12. The number of aromatic nitrogens is 1. The molecule has 3 N–H and O–H groups in total. The molecule has 0 spiro atoms. The van der Waals surface area contributed by atoms with Crippen LogP contribution in [0.3, 0.4) is 0 Å². The predicted octanol–water partition coefficient (Wildman–Crippen LogP) is 2.29. The molecule has 1 atom stereocenters. The van der Waals surface area contributed by atoms with E-state index < -0.39 is 0 Å². The molecule has 2 aromatic rings. The van der Waals surface area contributed by atoms with Gasteiger partial charge in [-0.25, -0.2) is 4.98 Å². The molecule has 2 heterocycles. The maximum Gasteiger partial charge on any atom is 0.275 e. The van der Waals surface area contributed by atoms with E-state index >= 15 is 0 Å². The number of nitrogens with two attached hydrogens (primary N) is 1. The van der Waals surface area contributed by atoms with E-state index in [-0.39, 0.29) is 5.91 Å². The van der Waals surface area contributed by atoms with Crippen molar-refractivity contribution in [1.29, 1.82) is 0 Å². The van der Waals surface area contributed by atoms with Gasteiger partial charge < -0.3 is 15.8 Å². The lowest BCUT2D eigenvalue weighted by Gasteiger charge is -2.32. The number of anilines is 1. The zero-order chi connectivity index (χ0) is 17.6. The molecule has 25 heavy (non-hydrogen) atoms. The number of carbonyl (C=O) groups is 1. The smallest absolute Gasteiger partial charge is 0.275 e. The zero-order valence-electron chi connectivity index (χ0n) is 14.4. The summed E-state index contributed by atoms with van der Waals surface area (Å²) >= 11 is 1.47. The predicted molar refractivity (Wildman–Crippen MR) is 100 cm³/mol. The van der Waals surface area contributed by atoms with E-state index in [1.165, 1.54) is 16.9 Å². The van der Waals surface area contributed by atoms with Gasteiger partial charge in [-0.05, 0) is 31.2 Å². The van der Waals surface area contributed by atoms with Crippen LogP contribution in [0, 0.1) is 0 Å². The SMILES string of the molecule is CC(c1ccc(NC(=O)c2csc(CCN)n2)cc1)N1CCOCC1. The van der Waals surface area contributed by atoms with Gasteiger partial charge in [0, 0.05) is 36.6 Å². The van der Waals surface area contributed by atoms with Gasteiger partial charge >= 0.3 is 0 Å². The molecule has 1 aliphatic rings. The van der Waals surface area contributed by atoms with Gasteiger partial charge in [0.2, 0.25) is 0 Å². The van der Waals surface area contributed by atoms with Crippen LogP contribution in [-0.2, 0) is 11.2 Å². The number of ether oxygens (including phenoxy) is 1. The fraction of sp³-hybridized carbons (Fsp3) is 0.444. The van der Waals surface area contributed by atoms with Gasteiger partial charge in [0.15, 0.2) is 0 Å². The van der Waals surface area contributed by atoms with E-state index in [4.69, 9.17) is 10.5 Å². The first-order chi connectivity index (χ1) is 12.2. The van der Waals surface area contributed by atoms with Crippen molar-refractivity contribution in [2.45, 2.75) is 19.4 Å². The molecule has 1 aromatic heterocycles. The van der Waals surface area contributed by atoms with Crippen LogP contribution in [0.1, 0.15) is 34.0 Å². The molecule has 7 heteroatoms. The summed E-state index contributed by atoms with van der Waals surface area (Å²) in [5.41, 5.74) is 7.97. The molecular formula is C18H24N4O2S. The monoisotopic (exact) mass is 360 g/mol. The number of morpholine rings is 1. The third kappa shape index (κ3) is 4.64. The van der Waals surface area contributed by atoms with Crippen LogP contribution in [0.25, 0.3) is 0 Å². The standard InChI is InChI=1S/C18H24N4O2S/c1-13(22-8-10-24-11-9-22)14-2-4-15(5-3-14)20-18(23)16-12-25-17(21-16)6-7-19/h2-5,12-13H,6-11,19H2,1H3,(H,20,23). The molecular weight excluding hydrogens is 336 g/mol. The van der Waals surface area contributed by atoms with Gasteiger partial charge in [-0.15, -0.1) is 11.3 Å². The molecule has 1 saturated heterocycles. The Balaban J connectivity index is 1.60. The Morgan fingerprint density at radius 2 is 2.08 bits per heavy atom. The number of thiazole rings is 1. The van der Waals surface area contributed by atoms with Crippen molar-refractivity contribution in [3.05, 3.63) is 45.9 Å². The minimum atomic E-state index is -0.187. The van der Waals surface area contributed by atoms with Crippen molar-refractivity contribution in [2.75, 3.05) is 38.2 Å². The van der Waals surface area contributed by atoms with E-state index in [2.05, 4.69) is 34.3 Å². The number of benzene rings is 1. The number of amides is 1. The second-order valence-corrected chi connectivity index (χ2v) is 7.01. The fourth-order valence-electron chi connectivity index (χ4n) is 2.87. The summed E-state index contributed by atoms with van der Waals surface area (Å²) in [6.45, 7) is 6.23. The maximum atomic E-state index is 12.3. The minimum absolute atomic E-state index is 0.187. The Bertz CT molecular complexity index is 695. The second-order valence-electron chi connectivity index (χ2n) is 6.07. The van der Waals surface area contributed by atoms with E-state index in [9.17, 15) is 4.79 Å². The quantitative estimate of drug-likeness (QED) is 0.826. The average molecular weight is 360 g/mol. The Kier molecular flexibility index (Phi) is 6.14. The van der Waals surface area contributed by atoms with Crippen LogP contribution in [0.4, 0.5) is 5.69 Å². The van der Waals surface area contributed by atoms with Crippen molar-refractivity contribution in [3.63, 3.8) is 0 Å². The van der Waals surface area contributed by atoms with E-state index in [0.29, 0.717) is 24.7 Å². The van der Waals surface area contributed by atoms with Crippen LogP contribution in [-0.4, -0.2) is 48.6 Å². The first kappa shape index (κ1) is 18.0. The van der Waals surface area contributed by atoms with Crippen LogP contribution in [0.2, 0.25) is 0 Å². The third-order valence-corrected chi connectivity index (χ3v) is 5.30. The Labute approximate surface area is 152 Å². The zero-order valence-corrected chi connectivity index (χ0v) is 15.2. The minimum Gasteiger partial charge on any atom is -0.379 e. The number of nitrogens with zero attached hydrogens (tertiary/aromatic N) is 2. The Hall–Kier alpha value is -1.80. The summed E-state index contributed by atoms with van der Waals surface area (Å²) in [6, 6.07) is 8.35. The molecule has 1 aromatic carbocycles. The highest BCUT2D eigenvalue weighted by Gasteiger charge is 2.18. The first-order valence-electron chi connectivity index (χ1n) is 8.55. The lowest BCUT2D eigenvalue weighted by molar-refractivity contribution is 0.0198. The molecule has 134 valence electrons. The van der Waals surface area contributed by atoms with E-state index in [0.717, 1.165) is 37.0 Å². The second kappa shape index (κ2) is 8.53. The van der Waals surface area contributed by atoms with Gasteiger partial charge in [0.05, 0.1) is 18.2 Å². The number of hydrogen-bond acceptors (Lipinski definition) is 6. The van der Waals surface area contributed by atoms with Crippen molar-refractivity contribution in [1.82, 2.24) is 9.88 Å². The molecule has 6 nitrogen and oxygen atoms in total. The van der Waals surface area contributed by atoms with Crippen LogP contribution in [0.5, 0.6) is 0 Å². The summed E-state index contributed by atoms with van der Waals surface area (Å²) in [5.74, 6) is -0.187. The first-order valence-corrected chi connectivity index (χ1v) is 9.43. The Morgan fingerprint density at radius 1 is 1.36 bits per heavy atom. The summed E-state index contributed by atoms with van der Waals surface area (Å²) in [6.07, 6.45) is 0.700. The molecule has 0 aliphatic carbocycles. The van der Waals surface area contributed by atoms with Crippen molar-refractivity contribution in [3.8, 4) is 0 Å². The topological polar surface area (TPSA) is 80.5 Å². The van der Waals surface area contributed by atoms with Crippen molar-refractivity contribution < 1.29 is 9.53 Å². The highest BCUT2D eigenvalue weighted by molar-refractivity contribution is 7.09. The molecule has 0 bridgehead atoms. The Morgan fingerprint density at radius 3 is 2.76 bits per heavy atom. The molecule has 3 rings (SSSR count). The molecule has 1 aliphatic heterocycles. The summed E-state index contributed by atoms with van der Waals surface area (Å²) in [4.78, 5) is 19.0. The molecule has 0 saturated carbocycles. The summed E-state index contributed by atoms with van der Waals surface area (Å²) in [7, 11) is 0. The van der Waals surface area contributed by atoms with Crippen LogP contribution >= 0.6 is 11.3 Å². The third-order valence-electron chi connectivity index (χ3n) is 4.39. The number of carbonyl (C=O) groups excluding carboxylic acids is 1. The van der Waals surface area contributed by atoms with Crippen LogP contribution in [0.15, 0.2) is 29.6 Å². The molecule has 1 fully saturated rings. The van der Waals surface area contributed by atoms with E-state index in [1.54, 1.807) is 5.38 Å². The van der Waals surface area contributed by atoms with Crippen molar-refractivity contribution in [2.24, 2.45) is 5.73 Å². The van der Waals surface area contributed by atoms with Gasteiger partial charge in [-0.3, -0.25) is 9.69 Å². The molecule has 1 unspecified atom stereocenters. The van der Waals surface area contributed by atoms with Gasteiger partial charge in [0.25, 0.3) is 5.91 Å². The summed E-state index contributed by atoms with van der Waals surface area (Å²) < 4.78 is 5.41. The number of nitrogens with one attached hydrogen (secondary N) is 1. The maximum absolute atomic E-state index is 12.3. The lowest BCUT2D eigenvalue weighted by atomic mass is 10.1. The van der Waals surface area contributed by atoms with E-state index in [1.807, 2.05) is 12.1 Å². The summed E-state index contributed by atoms with van der Waals surface area (Å²) in [5, 5.41) is 5.56. The normalized spacial score (nSPS) is 16.6. The van der Waals surface area contributed by atoms with Gasteiger partial charge in [-0.1, -0.05) is 12.1 Å². The highest BCUT2D eigenvalue weighted by atomic mass is 32.1. The van der Waals surface area contributed by atoms with Gasteiger partial charge in [0.1, 0.15) is 5.69 Å². The number of rotatable bonds is 6. The molecule has 1 amide bonds. The molecule has 0 radical (unpaired) electrons. The van der Waals surface area contributed by atoms with Crippen molar-refractivity contribution >= 4 is 22.9 Å². The largest absolute Gasteiger partial charge is 0.379 e.